The molecule has 0 radical (unpaired) electrons. The first-order valence-corrected chi connectivity index (χ1v) is 9.64. The van der Waals surface area contributed by atoms with Gasteiger partial charge in [0.25, 0.3) is 0 Å². The molecule has 0 atom stereocenters. The van der Waals surface area contributed by atoms with Gasteiger partial charge < -0.3 is 10.2 Å². The number of nitrogens with zero attached hydrogens (tertiary/aromatic N) is 7. The molecule has 2 fully saturated rings. The molecule has 130 valence electrons. The third kappa shape index (κ3) is 2.87. The maximum Gasteiger partial charge on any atom is 0.178 e. The Morgan fingerprint density at radius 3 is 2.84 bits per heavy atom. The Bertz CT molecular complexity index is 850. The molecule has 1 N–H and O–H groups in total. The zero-order chi connectivity index (χ0) is 16.6. The molecule has 0 spiro atoms. The minimum atomic E-state index is 0.534. The lowest BCUT2D eigenvalue weighted by Crippen LogP contribution is -2.51. The molecule has 2 aliphatic rings. The van der Waals surface area contributed by atoms with Crippen LogP contribution >= 0.6 is 11.5 Å². The van der Waals surface area contributed by atoms with Crippen LogP contribution in [-0.2, 0) is 6.54 Å². The molecule has 1 aliphatic carbocycles. The first-order valence-electron chi connectivity index (χ1n) is 8.81. The van der Waals surface area contributed by atoms with E-state index in [1.807, 2.05) is 16.0 Å². The Morgan fingerprint density at radius 2 is 2.08 bits per heavy atom. The maximum absolute atomic E-state index is 4.80. The van der Waals surface area contributed by atoms with Crippen molar-refractivity contribution < 1.29 is 0 Å². The van der Waals surface area contributed by atoms with Crippen LogP contribution in [-0.4, -0.2) is 49.0 Å². The number of hydrogen-bond acceptors (Lipinski definition) is 8. The van der Waals surface area contributed by atoms with Crippen LogP contribution in [0, 0.1) is 5.92 Å². The lowest BCUT2D eigenvalue weighted by Gasteiger charge is -2.40. The van der Waals surface area contributed by atoms with Crippen molar-refractivity contribution in [2.75, 3.05) is 24.5 Å². The molecule has 0 aromatic carbocycles. The molecule has 3 aromatic heterocycles. The van der Waals surface area contributed by atoms with Crippen molar-refractivity contribution in [2.45, 2.75) is 31.7 Å². The number of nitrogens with one attached hydrogen (secondary N) is 1. The summed E-state index contributed by atoms with van der Waals surface area (Å²) < 4.78 is 5.82. The minimum absolute atomic E-state index is 0.534. The highest BCUT2D eigenvalue weighted by Crippen LogP contribution is 2.35. The zero-order valence-electron chi connectivity index (χ0n) is 13.9. The average molecular weight is 356 g/mol. The topological polar surface area (TPSA) is 84.1 Å². The maximum atomic E-state index is 4.80. The molecule has 8 nitrogen and oxygen atoms in total. The van der Waals surface area contributed by atoms with E-state index in [2.05, 4.69) is 36.1 Å². The molecular weight excluding hydrogens is 336 g/mol. The van der Waals surface area contributed by atoms with Crippen molar-refractivity contribution in [2.24, 2.45) is 5.92 Å². The second-order valence-electron chi connectivity index (χ2n) is 6.95. The predicted molar refractivity (Wildman–Crippen MR) is 94.7 cm³/mol. The van der Waals surface area contributed by atoms with Crippen LogP contribution < -0.4 is 10.2 Å². The van der Waals surface area contributed by atoms with Gasteiger partial charge in [-0.2, -0.15) is 4.52 Å². The Hall–Kier alpha value is -2.13. The number of hydrogen-bond donors (Lipinski definition) is 1. The lowest BCUT2D eigenvalue weighted by molar-refractivity contribution is 0.377. The number of anilines is 1. The third-order valence-electron chi connectivity index (χ3n) is 5.17. The molecule has 25 heavy (non-hydrogen) atoms. The van der Waals surface area contributed by atoms with Crippen LogP contribution in [0.1, 0.15) is 36.7 Å². The summed E-state index contributed by atoms with van der Waals surface area (Å²) in [6.45, 7) is 3.85. The van der Waals surface area contributed by atoms with Gasteiger partial charge in [0.15, 0.2) is 11.5 Å². The highest BCUT2D eigenvalue weighted by molar-refractivity contribution is 7.03. The number of rotatable bonds is 6. The molecule has 3 aromatic rings. The van der Waals surface area contributed by atoms with Crippen LogP contribution in [0.5, 0.6) is 0 Å². The summed E-state index contributed by atoms with van der Waals surface area (Å²) in [5.74, 6) is 3.23. The smallest absolute Gasteiger partial charge is 0.178 e. The minimum Gasteiger partial charge on any atom is -0.354 e. The summed E-state index contributed by atoms with van der Waals surface area (Å²) >= 11 is 1.40. The molecular formula is C16H20N8S. The first kappa shape index (κ1) is 15.2. The van der Waals surface area contributed by atoms with Gasteiger partial charge >= 0.3 is 0 Å². The summed E-state index contributed by atoms with van der Waals surface area (Å²) in [5.41, 5.74) is 1.87. The Labute approximate surface area is 149 Å². The standard InChI is InChI=1S/C16H20N8S/c1-2-12(3-1)16-20-19-14-4-5-15(21-24(14)16)23-8-11(9-23)6-17-7-13-10-25-22-18-13/h4-5,10-12,17H,1-3,6-9H2. The monoisotopic (exact) mass is 356 g/mol. The van der Waals surface area contributed by atoms with Crippen LogP contribution in [0.3, 0.4) is 0 Å². The lowest BCUT2D eigenvalue weighted by atomic mass is 9.85. The summed E-state index contributed by atoms with van der Waals surface area (Å²) in [5, 5.41) is 22.9. The van der Waals surface area contributed by atoms with Crippen LogP contribution in [0.4, 0.5) is 5.82 Å². The number of aromatic nitrogens is 6. The van der Waals surface area contributed by atoms with E-state index in [0.717, 1.165) is 49.2 Å². The van der Waals surface area contributed by atoms with Gasteiger partial charge in [0.05, 0.1) is 5.69 Å². The van der Waals surface area contributed by atoms with Gasteiger partial charge in [-0.05, 0) is 36.5 Å². The van der Waals surface area contributed by atoms with E-state index in [1.165, 1.54) is 30.8 Å². The second kappa shape index (κ2) is 6.30. The highest BCUT2D eigenvalue weighted by atomic mass is 32.1. The first-order chi connectivity index (χ1) is 12.4. The van der Waals surface area contributed by atoms with Crippen LogP contribution in [0.15, 0.2) is 17.5 Å². The molecule has 4 heterocycles. The van der Waals surface area contributed by atoms with E-state index in [0.29, 0.717) is 11.8 Å². The average Bonchev–Trinajstić information content (AvgIpc) is 3.18. The van der Waals surface area contributed by atoms with Gasteiger partial charge in [-0.3, -0.25) is 0 Å². The Kier molecular flexibility index (Phi) is 3.82. The quantitative estimate of drug-likeness (QED) is 0.716. The number of fused-ring (bicyclic) bond motifs is 1. The molecule has 1 aliphatic heterocycles. The van der Waals surface area contributed by atoms with E-state index in [-0.39, 0.29) is 0 Å². The highest BCUT2D eigenvalue weighted by Gasteiger charge is 2.29. The fraction of sp³-hybridized carbons (Fsp3) is 0.562. The summed E-state index contributed by atoms with van der Waals surface area (Å²) in [6, 6.07) is 4.08. The van der Waals surface area contributed by atoms with Crippen LogP contribution in [0.25, 0.3) is 5.65 Å². The van der Waals surface area contributed by atoms with Crippen molar-refractivity contribution in [3.05, 3.63) is 29.0 Å². The van der Waals surface area contributed by atoms with Crippen molar-refractivity contribution in [1.29, 1.82) is 0 Å². The van der Waals surface area contributed by atoms with E-state index < -0.39 is 0 Å². The van der Waals surface area contributed by atoms with Crippen molar-refractivity contribution in [3.63, 3.8) is 0 Å². The Morgan fingerprint density at radius 1 is 1.16 bits per heavy atom. The van der Waals surface area contributed by atoms with Crippen LogP contribution in [0.2, 0.25) is 0 Å². The third-order valence-corrected chi connectivity index (χ3v) is 5.72. The van der Waals surface area contributed by atoms with Crippen molar-refractivity contribution in [1.82, 2.24) is 34.7 Å². The molecule has 5 rings (SSSR count). The van der Waals surface area contributed by atoms with Gasteiger partial charge in [0.1, 0.15) is 5.82 Å². The van der Waals surface area contributed by atoms with Gasteiger partial charge in [-0.25, -0.2) is 0 Å². The molecule has 0 amide bonds. The normalized spacial score (nSPS) is 18.5. The predicted octanol–water partition coefficient (Wildman–Crippen LogP) is 1.47. The second-order valence-corrected chi connectivity index (χ2v) is 7.56. The fourth-order valence-electron chi connectivity index (χ4n) is 3.44. The van der Waals surface area contributed by atoms with E-state index in [9.17, 15) is 0 Å². The van der Waals surface area contributed by atoms with Gasteiger partial charge in [-0.1, -0.05) is 10.9 Å². The summed E-state index contributed by atoms with van der Waals surface area (Å²) in [6.07, 6.45) is 3.70. The van der Waals surface area contributed by atoms with E-state index >= 15 is 0 Å². The molecule has 1 saturated carbocycles. The van der Waals surface area contributed by atoms with E-state index in [1.54, 1.807) is 0 Å². The Balaban J connectivity index is 1.20. The van der Waals surface area contributed by atoms with E-state index in [4.69, 9.17) is 5.10 Å². The summed E-state index contributed by atoms with van der Waals surface area (Å²) in [4.78, 5) is 2.32. The molecule has 1 saturated heterocycles. The van der Waals surface area contributed by atoms with Crippen molar-refractivity contribution >= 4 is 23.0 Å². The molecule has 9 heteroatoms. The largest absolute Gasteiger partial charge is 0.354 e. The fourth-order valence-corrected chi connectivity index (χ4v) is 3.89. The molecule has 0 unspecified atom stereocenters. The summed E-state index contributed by atoms with van der Waals surface area (Å²) in [7, 11) is 0. The zero-order valence-corrected chi connectivity index (χ0v) is 14.7. The van der Waals surface area contributed by atoms with Gasteiger partial charge in [0.2, 0.25) is 0 Å². The van der Waals surface area contributed by atoms with Gasteiger partial charge in [0, 0.05) is 43.4 Å². The molecule has 0 bridgehead atoms. The SMILES string of the molecule is c1snnc1CNCC1CN(c2ccc3nnc(C4CCC4)n3n2)C1. The van der Waals surface area contributed by atoms with Gasteiger partial charge in [-0.15, -0.1) is 20.4 Å². The van der Waals surface area contributed by atoms with Crippen molar-refractivity contribution in [3.8, 4) is 0 Å².